The normalized spacial score (nSPS) is 24.8. The SMILES string of the molecule is COc1ccccc1NC(=O)[C@@H]1C[C@H]([C@@H]2CCCN(Cc3ccccc3Cl)C2)N(C)C1. The fourth-order valence-corrected chi connectivity index (χ4v) is 5.37. The second-order valence-corrected chi connectivity index (χ2v) is 9.27. The van der Waals surface area contributed by atoms with E-state index in [1.807, 2.05) is 36.4 Å². The second-order valence-electron chi connectivity index (χ2n) is 8.86. The molecule has 0 bridgehead atoms. The van der Waals surface area contributed by atoms with Crippen molar-refractivity contribution >= 4 is 23.2 Å². The molecule has 2 heterocycles. The third-order valence-corrected chi connectivity index (χ3v) is 7.14. The van der Waals surface area contributed by atoms with Gasteiger partial charge in [-0.1, -0.05) is 41.9 Å². The molecule has 6 heteroatoms. The van der Waals surface area contributed by atoms with Crippen LogP contribution in [0.15, 0.2) is 48.5 Å². The molecule has 2 fully saturated rings. The van der Waals surface area contributed by atoms with Gasteiger partial charge >= 0.3 is 0 Å². The summed E-state index contributed by atoms with van der Waals surface area (Å²) in [6, 6.07) is 16.1. The molecule has 0 saturated carbocycles. The molecule has 4 rings (SSSR count). The van der Waals surface area contributed by atoms with Gasteiger partial charge in [0.1, 0.15) is 5.75 Å². The maximum atomic E-state index is 13.0. The number of hydrogen-bond donors (Lipinski definition) is 1. The monoisotopic (exact) mass is 441 g/mol. The number of ether oxygens (including phenoxy) is 1. The number of benzene rings is 2. The molecule has 31 heavy (non-hydrogen) atoms. The third kappa shape index (κ3) is 5.22. The van der Waals surface area contributed by atoms with Crippen molar-refractivity contribution in [3.8, 4) is 5.75 Å². The van der Waals surface area contributed by atoms with Gasteiger partial charge < -0.3 is 15.0 Å². The Hall–Kier alpha value is -2.08. The quantitative estimate of drug-likeness (QED) is 0.715. The molecular weight excluding hydrogens is 410 g/mol. The van der Waals surface area contributed by atoms with Gasteiger partial charge in [-0.05, 0) is 62.5 Å². The second kappa shape index (κ2) is 10.0. The molecule has 2 saturated heterocycles. The number of carbonyl (C=O) groups is 1. The first-order valence-corrected chi connectivity index (χ1v) is 11.5. The first-order chi connectivity index (χ1) is 15.0. The van der Waals surface area contributed by atoms with Gasteiger partial charge in [-0.3, -0.25) is 9.69 Å². The van der Waals surface area contributed by atoms with E-state index in [4.69, 9.17) is 16.3 Å². The number of para-hydroxylation sites is 2. The van der Waals surface area contributed by atoms with E-state index in [1.54, 1.807) is 7.11 Å². The van der Waals surface area contributed by atoms with Crippen molar-refractivity contribution in [3.63, 3.8) is 0 Å². The topological polar surface area (TPSA) is 44.8 Å². The molecule has 2 aromatic rings. The first kappa shape index (κ1) is 22.1. The molecule has 1 amide bonds. The summed E-state index contributed by atoms with van der Waals surface area (Å²) < 4.78 is 5.38. The lowest BCUT2D eigenvalue weighted by molar-refractivity contribution is -0.119. The van der Waals surface area contributed by atoms with E-state index in [1.165, 1.54) is 18.4 Å². The highest BCUT2D eigenvalue weighted by atomic mass is 35.5. The summed E-state index contributed by atoms with van der Waals surface area (Å²) in [6.07, 6.45) is 3.31. The van der Waals surface area contributed by atoms with Crippen molar-refractivity contribution in [2.45, 2.75) is 31.8 Å². The number of anilines is 1. The lowest BCUT2D eigenvalue weighted by Crippen LogP contribution is -2.43. The Bertz CT molecular complexity index is 906. The van der Waals surface area contributed by atoms with E-state index >= 15 is 0 Å². The van der Waals surface area contributed by atoms with Crippen molar-refractivity contribution in [2.75, 3.05) is 39.1 Å². The van der Waals surface area contributed by atoms with Crippen LogP contribution in [0, 0.1) is 11.8 Å². The van der Waals surface area contributed by atoms with Gasteiger partial charge in [0, 0.05) is 30.7 Å². The molecule has 2 aliphatic heterocycles. The predicted octanol–water partition coefficient (Wildman–Crippen LogP) is 4.52. The number of hydrogen-bond acceptors (Lipinski definition) is 4. The van der Waals surface area contributed by atoms with Crippen LogP contribution >= 0.6 is 11.6 Å². The molecule has 0 unspecified atom stereocenters. The highest BCUT2D eigenvalue weighted by molar-refractivity contribution is 6.31. The van der Waals surface area contributed by atoms with Gasteiger partial charge in [0.05, 0.1) is 18.7 Å². The van der Waals surface area contributed by atoms with E-state index < -0.39 is 0 Å². The number of piperidine rings is 1. The van der Waals surface area contributed by atoms with Gasteiger partial charge in [-0.25, -0.2) is 0 Å². The van der Waals surface area contributed by atoms with Crippen LogP contribution in [0.2, 0.25) is 5.02 Å². The van der Waals surface area contributed by atoms with Gasteiger partial charge in [0.2, 0.25) is 5.91 Å². The summed E-state index contributed by atoms with van der Waals surface area (Å²) in [5.74, 6) is 1.35. The summed E-state index contributed by atoms with van der Waals surface area (Å²) in [5, 5.41) is 3.92. The Kier molecular flexibility index (Phi) is 7.16. The van der Waals surface area contributed by atoms with Gasteiger partial charge in [0.15, 0.2) is 0 Å². The van der Waals surface area contributed by atoms with Crippen LogP contribution in [-0.2, 0) is 11.3 Å². The molecule has 1 N–H and O–H groups in total. The summed E-state index contributed by atoms with van der Waals surface area (Å²) in [4.78, 5) is 17.9. The average molecular weight is 442 g/mol. The lowest BCUT2D eigenvalue weighted by atomic mass is 9.87. The summed E-state index contributed by atoms with van der Waals surface area (Å²) >= 11 is 6.38. The zero-order chi connectivity index (χ0) is 21.8. The summed E-state index contributed by atoms with van der Waals surface area (Å²) in [7, 11) is 3.79. The minimum atomic E-state index is -0.00106. The highest BCUT2D eigenvalue weighted by Gasteiger charge is 2.39. The molecule has 0 spiro atoms. The summed E-state index contributed by atoms with van der Waals surface area (Å²) in [6.45, 7) is 3.86. The van der Waals surface area contributed by atoms with Crippen molar-refractivity contribution in [2.24, 2.45) is 11.8 Å². The Labute approximate surface area is 190 Å². The van der Waals surface area contributed by atoms with Crippen molar-refractivity contribution in [1.29, 1.82) is 0 Å². The number of halogens is 1. The zero-order valence-corrected chi connectivity index (χ0v) is 19.1. The number of methoxy groups -OCH3 is 1. The molecular formula is C25H32ClN3O2. The zero-order valence-electron chi connectivity index (χ0n) is 18.4. The van der Waals surface area contributed by atoms with Crippen LogP contribution in [0.5, 0.6) is 5.75 Å². The average Bonchev–Trinajstić information content (AvgIpc) is 3.18. The van der Waals surface area contributed by atoms with E-state index in [0.717, 1.165) is 43.3 Å². The van der Waals surface area contributed by atoms with Crippen LogP contribution in [0.4, 0.5) is 5.69 Å². The van der Waals surface area contributed by atoms with E-state index in [-0.39, 0.29) is 11.8 Å². The molecule has 5 nitrogen and oxygen atoms in total. The molecule has 0 radical (unpaired) electrons. The van der Waals surface area contributed by atoms with Gasteiger partial charge in [-0.2, -0.15) is 0 Å². The van der Waals surface area contributed by atoms with Gasteiger partial charge in [0.25, 0.3) is 0 Å². The van der Waals surface area contributed by atoms with E-state index in [2.05, 4.69) is 34.3 Å². The number of amides is 1. The first-order valence-electron chi connectivity index (χ1n) is 11.1. The fourth-order valence-electron chi connectivity index (χ4n) is 5.17. The number of carbonyl (C=O) groups excluding carboxylic acids is 1. The standard InChI is InChI=1S/C25H32ClN3O2/c1-28-15-20(25(30)27-22-11-5-6-12-24(22)31-2)14-23(28)19-9-7-13-29(17-19)16-18-8-3-4-10-21(18)26/h3-6,8,10-12,19-20,23H,7,9,13-17H2,1-2H3,(H,27,30)/t19-,20-,23-/m1/s1. The minimum Gasteiger partial charge on any atom is -0.495 e. The minimum absolute atomic E-state index is 0.00106. The molecule has 0 aromatic heterocycles. The number of likely N-dealkylation sites (tertiary alicyclic amines) is 2. The smallest absolute Gasteiger partial charge is 0.228 e. The highest BCUT2D eigenvalue weighted by Crippen LogP contribution is 2.34. The maximum absolute atomic E-state index is 13.0. The predicted molar refractivity (Wildman–Crippen MR) is 126 cm³/mol. The number of nitrogens with one attached hydrogen (secondary N) is 1. The van der Waals surface area contributed by atoms with E-state index in [0.29, 0.717) is 17.7 Å². The molecule has 0 aliphatic carbocycles. The Morgan fingerprint density at radius 2 is 1.94 bits per heavy atom. The molecule has 2 aliphatic rings. The third-order valence-electron chi connectivity index (χ3n) is 6.77. The van der Waals surface area contributed by atoms with Crippen LogP contribution in [0.25, 0.3) is 0 Å². The van der Waals surface area contributed by atoms with Crippen LogP contribution < -0.4 is 10.1 Å². The Balaban J connectivity index is 1.36. The number of rotatable bonds is 6. The molecule has 3 atom stereocenters. The van der Waals surface area contributed by atoms with Crippen LogP contribution in [-0.4, -0.2) is 55.5 Å². The number of nitrogens with zero attached hydrogens (tertiary/aromatic N) is 2. The van der Waals surface area contributed by atoms with Crippen molar-refractivity contribution in [1.82, 2.24) is 9.80 Å². The summed E-state index contributed by atoms with van der Waals surface area (Å²) in [5.41, 5.74) is 1.93. The Morgan fingerprint density at radius 3 is 2.74 bits per heavy atom. The van der Waals surface area contributed by atoms with Gasteiger partial charge in [-0.15, -0.1) is 0 Å². The fraction of sp³-hybridized carbons (Fsp3) is 0.480. The van der Waals surface area contributed by atoms with Crippen molar-refractivity contribution < 1.29 is 9.53 Å². The lowest BCUT2D eigenvalue weighted by Gasteiger charge is -2.38. The molecule has 166 valence electrons. The maximum Gasteiger partial charge on any atom is 0.228 e. The van der Waals surface area contributed by atoms with E-state index in [9.17, 15) is 4.79 Å². The van der Waals surface area contributed by atoms with Crippen LogP contribution in [0.3, 0.4) is 0 Å². The Morgan fingerprint density at radius 1 is 1.16 bits per heavy atom. The largest absolute Gasteiger partial charge is 0.495 e. The van der Waals surface area contributed by atoms with Crippen LogP contribution in [0.1, 0.15) is 24.8 Å². The molecule has 2 aromatic carbocycles. The van der Waals surface area contributed by atoms with Crippen molar-refractivity contribution in [3.05, 3.63) is 59.1 Å².